The topological polar surface area (TPSA) is 49.8 Å². The summed E-state index contributed by atoms with van der Waals surface area (Å²) in [5, 5.41) is 6.58. The van der Waals surface area contributed by atoms with Crippen molar-refractivity contribution >= 4 is 41.3 Å². The number of aliphatic imine (C=N–C) groups is 1. The molecule has 0 spiro atoms. The summed E-state index contributed by atoms with van der Waals surface area (Å²) in [6.45, 7) is 8.20. The Morgan fingerprint density at radius 3 is 2.96 bits per heavy atom. The van der Waals surface area contributed by atoms with Crippen molar-refractivity contribution in [1.29, 1.82) is 0 Å². The molecule has 0 radical (unpaired) electrons. The highest BCUT2D eigenvalue weighted by Gasteiger charge is 2.09. The zero-order valence-electron chi connectivity index (χ0n) is 14.2. The molecular formula is C16H27IN4OS. The maximum Gasteiger partial charge on any atom is 0.194 e. The Balaban J connectivity index is 0.00000264. The molecule has 0 bridgehead atoms. The van der Waals surface area contributed by atoms with Gasteiger partial charge in [0.15, 0.2) is 5.96 Å². The molecule has 0 saturated heterocycles. The van der Waals surface area contributed by atoms with E-state index in [2.05, 4.69) is 40.6 Å². The van der Waals surface area contributed by atoms with E-state index in [9.17, 15) is 0 Å². The standard InChI is InChI=1S/C16H26N4OS.HI/c1-4-17-16(18-8-5-14-6-9-21-10-7-14)20(3)11-15-12-22-13(2)19-15;/h6,12H,4-5,7-11H2,1-3H3,(H,17,18);1H. The molecule has 7 heteroatoms. The number of aromatic nitrogens is 1. The maximum absolute atomic E-state index is 5.33. The summed E-state index contributed by atoms with van der Waals surface area (Å²) in [6, 6.07) is 0. The number of aryl methyl sites for hydroxylation is 1. The van der Waals surface area contributed by atoms with Crippen molar-refractivity contribution in [2.75, 3.05) is 33.4 Å². The van der Waals surface area contributed by atoms with Gasteiger partial charge in [0.1, 0.15) is 0 Å². The van der Waals surface area contributed by atoms with Crippen LogP contribution in [0, 0.1) is 6.92 Å². The van der Waals surface area contributed by atoms with E-state index in [-0.39, 0.29) is 24.0 Å². The van der Waals surface area contributed by atoms with Gasteiger partial charge in [0, 0.05) is 25.5 Å². The lowest BCUT2D eigenvalue weighted by molar-refractivity contribution is 0.153. The molecule has 2 rings (SSSR count). The molecule has 1 aromatic rings. The Morgan fingerprint density at radius 1 is 1.52 bits per heavy atom. The van der Waals surface area contributed by atoms with Crippen LogP contribution < -0.4 is 5.32 Å². The Bertz CT molecular complexity index is 530. The Labute approximate surface area is 160 Å². The first-order chi connectivity index (χ1) is 10.7. The van der Waals surface area contributed by atoms with Crippen LogP contribution in [0.4, 0.5) is 0 Å². The summed E-state index contributed by atoms with van der Waals surface area (Å²) < 4.78 is 5.33. The molecule has 1 aliphatic heterocycles. The monoisotopic (exact) mass is 450 g/mol. The third-order valence-electron chi connectivity index (χ3n) is 3.51. The molecule has 0 aliphatic carbocycles. The molecule has 1 aliphatic rings. The minimum Gasteiger partial charge on any atom is -0.377 e. The summed E-state index contributed by atoms with van der Waals surface area (Å²) in [6.07, 6.45) is 4.25. The van der Waals surface area contributed by atoms with Gasteiger partial charge < -0.3 is 15.0 Å². The van der Waals surface area contributed by atoms with Crippen LogP contribution in [0.2, 0.25) is 0 Å². The molecule has 0 saturated carbocycles. The van der Waals surface area contributed by atoms with Crippen molar-refractivity contribution < 1.29 is 4.74 Å². The van der Waals surface area contributed by atoms with Gasteiger partial charge >= 0.3 is 0 Å². The van der Waals surface area contributed by atoms with Gasteiger partial charge in [-0.2, -0.15) is 0 Å². The molecule has 130 valence electrons. The highest BCUT2D eigenvalue weighted by molar-refractivity contribution is 14.0. The number of rotatable bonds is 6. The zero-order chi connectivity index (χ0) is 15.8. The fourth-order valence-electron chi connectivity index (χ4n) is 2.37. The van der Waals surface area contributed by atoms with Crippen molar-refractivity contribution in [3.8, 4) is 0 Å². The second-order valence-electron chi connectivity index (χ2n) is 5.39. The van der Waals surface area contributed by atoms with Crippen LogP contribution in [0.3, 0.4) is 0 Å². The van der Waals surface area contributed by atoms with E-state index < -0.39 is 0 Å². The Kier molecular flexibility index (Phi) is 9.73. The summed E-state index contributed by atoms with van der Waals surface area (Å²) in [5.74, 6) is 0.945. The van der Waals surface area contributed by atoms with E-state index in [0.717, 1.165) is 62.4 Å². The second-order valence-corrected chi connectivity index (χ2v) is 6.45. The predicted octanol–water partition coefficient (Wildman–Crippen LogP) is 3.20. The van der Waals surface area contributed by atoms with Crippen LogP contribution >= 0.6 is 35.3 Å². The van der Waals surface area contributed by atoms with Crippen LogP contribution in [-0.2, 0) is 11.3 Å². The number of guanidine groups is 1. The number of nitrogens with one attached hydrogen (secondary N) is 1. The third-order valence-corrected chi connectivity index (χ3v) is 4.34. The summed E-state index contributed by atoms with van der Waals surface area (Å²) >= 11 is 1.69. The van der Waals surface area contributed by atoms with Crippen molar-refractivity contribution in [2.24, 2.45) is 4.99 Å². The van der Waals surface area contributed by atoms with Crippen molar-refractivity contribution in [3.05, 3.63) is 27.7 Å². The number of halogens is 1. The quantitative estimate of drug-likeness (QED) is 0.313. The van der Waals surface area contributed by atoms with E-state index in [0.29, 0.717) is 0 Å². The summed E-state index contributed by atoms with van der Waals surface area (Å²) in [5.41, 5.74) is 2.56. The molecule has 0 amide bonds. The lowest BCUT2D eigenvalue weighted by Gasteiger charge is -2.21. The lowest BCUT2D eigenvalue weighted by atomic mass is 10.1. The van der Waals surface area contributed by atoms with E-state index in [4.69, 9.17) is 9.73 Å². The number of hydrogen-bond donors (Lipinski definition) is 1. The molecular weight excluding hydrogens is 423 g/mol. The van der Waals surface area contributed by atoms with Crippen LogP contribution in [0.1, 0.15) is 30.5 Å². The summed E-state index contributed by atoms with van der Waals surface area (Å²) in [4.78, 5) is 11.4. The lowest BCUT2D eigenvalue weighted by Crippen LogP contribution is -2.38. The first-order valence-corrected chi connectivity index (χ1v) is 8.73. The minimum atomic E-state index is 0. The van der Waals surface area contributed by atoms with E-state index in [1.165, 1.54) is 5.57 Å². The van der Waals surface area contributed by atoms with Gasteiger partial charge in [0.2, 0.25) is 0 Å². The molecule has 0 fully saturated rings. The third kappa shape index (κ3) is 7.17. The van der Waals surface area contributed by atoms with E-state index in [1.54, 1.807) is 11.3 Å². The molecule has 23 heavy (non-hydrogen) atoms. The van der Waals surface area contributed by atoms with E-state index in [1.807, 2.05) is 6.92 Å². The summed E-state index contributed by atoms with van der Waals surface area (Å²) in [7, 11) is 2.06. The van der Waals surface area contributed by atoms with Crippen LogP contribution in [-0.4, -0.2) is 49.2 Å². The first-order valence-electron chi connectivity index (χ1n) is 7.85. The van der Waals surface area contributed by atoms with Crippen molar-refractivity contribution in [1.82, 2.24) is 15.2 Å². The number of nitrogens with zero attached hydrogens (tertiary/aromatic N) is 3. The number of ether oxygens (including phenoxy) is 1. The minimum absolute atomic E-state index is 0. The number of hydrogen-bond acceptors (Lipinski definition) is 4. The average molecular weight is 450 g/mol. The number of thiazole rings is 1. The first kappa shape index (κ1) is 20.4. The zero-order valence-corrected chi connectivity index (χ0v) is 17.3. The molecule has 1 N–H and O–H groups in total. The fourth-order valence-corrected chi connectivity index (χ4v) is 2.97. The normalized spacial score (nSPS) is 14.9. The predicted molar refractivity (Wildman–Crippen MR) is 108 cm³/mol. The van der Waals surface area contributed by atoms with E-state index >= 15 is 0 Å². The highest BCUT2D eigenvalue weighted by atomic mass is 127. The van der Waals surface area contributed by atoms with Gasteiger partial charge in [-0.15, -0.1) is 35.3 Å². The van der Waals surface area contributed by atoms with Gasteiger partial charge in [-0.3, -0.25) is 4.99 Å². The Morgan fingerprint density at radius 2 is 2.35 bits per heavy atom. The van der Waals surface area contributed by atoms with Gasteiger partial charge in [0.25, 0.3) is 0 Å². The average Bonchev–Trinajstić information content (AvgIpc) is 2.92. The van der Waals surface area contributed by atoms with Crippen molar-refractivity contribution in [2.45, 2.75) is 33.2 Å². The molecule has 0 unspecified atom stereocenters. The van der Waals surface area contributed by atoms with Crippen LogP contribution in [0.5, 0.6) is 0 Å². The largest absolute Gasteiger partial charge is 0.377 e. The van der Waals surface area contributed by atoms with Crippen molar-refractivity contribution in [3.63, 3.8) is 0 Å². The van der Waals surface area contributed by atoms with Gasteiger partial charge in [-0.1, -0.05) is 11.6 Å². The SMILES string of the molecule is CCNC(=NCCC1=CCOCC1)N(C)Cc1csc(C)n1.I. The molecule has 5 nitrogen and oxygen atoms in total. The van der Waals surface area contributed by atoms with Gasteiger partial charge in [0.05, 0.1) is 30.5 Å². The second kappa shape index (κ2) is 11.0. The smallest absolute Gasteiger partial charge is 0.194 e. The van der Waals surface area contributed by atoms with Crippen LogP contribution in [0.15, 0.2) is 22.0 Å². The molecule has 1 aromatic heterocycles. The fraction of sp³-hybridized carbons (Fsp3) is 0.625. The van der Waals surface area contributed by atoms with Gasteiger partial charge in [-0.25, -0.2) is 4.98 Å². The highest BCUT2D eigenvalue weighted by Crippen LogP contribution is 2.12. The molecule has 2 heterocycles. The molecule has 0 atom stereocenters. The maximum atomic E-state index is 5.33. The van der Waals surface area contributed by atoms with Gasteiger partial charge in [-0.05, 0) is 26.7 Å². The van der Waals surface area contributed by atoms with Crippen LogP contribution in [0.25, 0.3) is 0 Å². The Hall–Kier alpha value is -0.670. The molecule has 0 aromatic carbocycles.